The van der Waals surface area contributed by atoms with Gasteiger partial charge in [0.25, 0.3) is 0 Å². The van der Waals surface area contributed by atoms with E-state index in [-0.39, 0.29) is 10.0 Å². The van der Waals surface area contributed by atoms with Crippen molar-refractivity contribution in [2.24, 2.45) is 11.8 Å². The molecule has 2 atom stereocenters. The van der Waals surface area contributed by atoms with E-state index in [9.17, 15) is 8.42 Å². The van der Waals surface area contributed by atoms with E-state index in [1.807, 2.05) is 0 Å². The fourth-order valence-corrected chi connectivity index (χ4v) is 3.94. The molecule has 2 rings (SSSR count). The molecule has 1 aliphatic carbocycles. The fraction of sp³-hybridized carbons (Fsp3) is 0.583. The van der Waals surface area contributed by atoms with E-state index >= 15 is 0 Å². The van der Waals surface area contributed by atoms with E-state index < -0.39 is 10.0 Å². The van der Waals surface area contributed by atoms with Gasteiger partial charge in [-0.25, -0.2) is 18.1 Å². The van der Waals surface area contributed by atoms with Crippen LogP contribution in [0.1, 0.15) is 26.2 Å². The van der Waals surface area contributed by atoms with Crippen LogP contribution in [0.2, 0.25) is 5.15 Å². The highest BCUT2D eigenvalue weighted by atomic mass is 35.5. The van der Waals surface area contributed by atoms with Gasteiger partial charge >= 0.3 is 0 Å². The van der Waals surface area contributed by atoms with Crippen LogP contribution in [0.3, 0.4) is 0 Å². The van der Waals surface area contributed by atoms with Gasteiger partial charge in [0.15, 0.2) is 0 Å². The zero-order valence-corrected chi connectivity index (χ0v) is 11.8. The monoisotopic (exact) mass is 288 g/mol. The third-order valence-electron chi connectivity index (χ3n) is 3.59. The predicted octanol–water partition coefficient (Wildman–Crippen LogP) is 2.45. The molecule has 1 heterocycles. The Bertz CT molecular complexity index is 519. The van der Waals surface area contributed by atoms with Crippen molar-refractivity contribution in [3.8, 4) is 0 Å². The molecule has 2 unspecified atom stereocenters. The van der Waals surface area contributed by atoms with Crippen molar-refractivity contribution in [1.29, 1.82) is 0 Å². The topological polar surface area (TPSA) is 59.1 Å². The van der Waals surface area contributed by atoms with Crippen molar-refractivity contribution < 1.29 is 8.42 Å². The molecule has 0 aromatic carbocycles. The van der Waals surface area contributed by atoms with Gasteiger partial charge < -0.3 is 0 Å². The summed E-state index contributed by atoms with van der Waals surface area (Å²) in [6.07, 6.45) is 4.92. The number of hydrogen-bond donors (Lipinski definition) is 1. The third kappa shape index (κ3) is 3.02. The van der Waals surface area contributed by atoms with Crippen LogP contribution in [0.15, 0.2) is 23.2 Å². The summed E-state index contributed by atoms with van der Waals surface area (Å²) < 4.78 is 26.8. The Morgan fingerprint density at radius 3 is 2.89 bits per heavy atom. The lowest BCUT2D eigenvalue weighted by molar-refractivity contribution is 0.414. The van der Waals surface area contributed by atoms with Crippen LogP contribution < -0.4 is 4.72 Å². The van der Waals surface area contributed by atoms with Crippen LogP contribution in [-0.4, -0.2) is 19.9 Å². The minimum absolute atomic E-state index is 0.0180. The molecule has 0 aliphatic heterocycles. The van der Waals surface area contributed by atoms with Gasteiger partial charge in [-0.15, -0.1) is 0 Å². The minimum Gasteiger partial charge on any atom is -0.243 e. The summed E-state index contributed by atoms with van der Waals surface area (Å²) in [6.45, 7) is 2.65. The first kappa shape index (κ1) is 13.8. The number of pyridine rings is 1. The van der Waals surface area contributed by atoms with E-state index in [0.29, 0.717) is 18.4 Å². The standard InChI is InChI=1S/C12H17ClN2O2S/c1-9-4-2-5-10(9)8-15-18(16,17)11-6-3-7-14-12(11)13/h3,6-7,9-10,15H,2,4-5,8H2,1H3. The van der Waals surface area contributed by atoms with Gasteiger partial charge in [-0.3, -0.25) is 0 Å². The average Bonchev–Trinajstić information content (AvgIpc) is 2.73. The van der Waals surface area contributed by atoms with E-state index in [1.165, 1.54) is 25.1 Å². The normalized spacial score (nSPS) is 24.3. The second-order valence-electron chi connectivity index (χ2n) is 4.81. The van der Waals surface area contributed by atoms with Gasteiger partial charge in [0.2, 0.25) is 10.0 Å². The number of nitrogens with zero attached hydrogens (tertiary/aromatic N) is 1. The van der Waals surface area contributed by atoms with Crippen LogP contribution in [-0.2, 0) is 10.0 Å². The molecule has 1 aromatic heterocycles. The largest absolute Gasteiger partial charge is 0.243 e. The number of nitrogens with one attached hydrogen (secondary N) is 1. The molecule has 0 spiro atoms. The predicted molar refractivity (Wildman–Crippen MR) is 70.9 cm³/mol. The maximum Gasteiger partial charge on any atom is 0.243 e. The molecule has 4 nitrogen and oxygen atoms in total. The highest BCUT2D eigenvalue weighted by Crippen LogP contribution is 2.30. The maximum atomic E-state index is 12.1. The van der Waals surface area contributed by atoms with Crippen molar-refractivity contribution in [1.82, 2.24) is 9.71 Å². The van der Waals surface area contributed by atoms with Gasteiger partial charge in [0.05, 0.1) is 0 Å². The highest BCUT2D eigenvalue weighted by molar-refractivity contribution is 7.89. The number of rotatable bonds is 4. The Labute approximate surface area is 113 Å². The number of aromatic nitrogens is 1. The zero-order chi connectivity index (χ0) is 13.2. The Morgan fingerprint density at radius 2 is 2.28 bits per heavy atom. The van der Waals surface area contributed by atoms with Crippen LogP contribution in [0.25, 0.3) is 0 Å². The van der Waals surface area contributed by atoms with Crippen molar-refractivity contribution in [3.63, 3.8) is 0 Å². The molecular weight excluding hydrogens is 272 g/mol. The number of sulfonamides is 1. The van der Waals surface area contributed by atoms with E-state index in [2.05, 4.69) is 16.6 Å². The molecule has 0 bridgehead atoms. The number of halogens is 1. The van der Waals surface area contributed by atoms with E-state index in [0.717, 1.165) is 6.42 Å². The molecule has 1 saturated carbocycles. The van der Waals surface area contributed by atoms with Gasteiger partial charge in [-0.2, -0.15) is 0 Å². The van der Waals surface area contributed by atoms with Gasteiger partial charge in [0.1, 0.15) is 10.0 Å². The molecule has 0 amide bonds. The fourth-order valence-electron chi connectivity index (χ4n) is 2.39. The first-order valence-electron chi connectivity index (χ1n) is 6.11. The lowest BCUT2D eigenvalue weighted by atomic mass is 9.99. The summed E-state index contributed by atoms with van der Waals surface area (Å²) in [5, 5.41) is 0.0180. The average molecular weight is 289 g/mol. The summed E-state index contributed by atoms with van der Waals surface area (Å²) >= 11 is 5.80. The Hall–Kier alpha value is -0.650. The molecule has 18 heavy (non-hydrogen) atoms. The lowest BCUT2D eigenvalue weighted by Gasteiger charge is -2.16. The minimum atomic E-state index is -3.55. The van der Waals surface area contributed by atoms with Crippen molar-refractivity contribution in [2.75, 3.05) is 6.54 Å². The second-order valence-corrected chi connectivity index (χ2v) is 6.91. The van der Waals surface area contributed by atoms with Crippen LogP contribution in [0.5, 0.6) is 0 Å². The molecule has 6 heteroatoms. The molecule has 0 saturated heterocycles. The van der Waals surface area contributed by atoms with Gasteiger partial charge in [-0.05, 0) is 30.4 Å². The maximum absolute atomic E-state index is 12.1. The lowest BCUT2D eigenvalue weighted by Crippen LogP contribution is -2.30. The van der Waals surface area contributed by atoms with Crippen LogP contribution in [0.4, 0.5) is 0 Å². The second kappa shape index (κ2) is 5.55. The Morgan fingerprint density at radius 1 is 1.50 bits per heavy atom. The molecule has 0 radical (unpaired) electrons. The summed E-state index contributed by atoms with van der Waals surface area (Å²) in [7, 11) is -3.55. The van der Waals surface area contributed by atoms with Crippen molar-refractivity contribution in [3.05, 3.63) is 23.5 Å². The smallest absolute Gasteiger partial charge is 0.243 e. The van der Waals surface area contributed by atoms with E-state index in [4.69, 9.17) is 11.6 Å². The van der Waals surface area contributed by atoms with Crippen molar-refractivity contribution >= 4 is 21.6 Å². The summed E-state index contributed by atoms with van der Waals surface area (Å²) in [5.74, 6) is 1.01. The van der Waals surface area contributed by atoms with Crippen molar-refractivity contribution in [2.45, 2.75) is 31.1 Å². The summed E-state index contributed by atoms with van der Waals surface area (Å²) in [5.41, 5.74) is 0. The zero-order valence-electron chi connectivity index (χ0n) is 10.3. The molecule has 1 N–H and O–H groups in total. The quantitative estimate of drug-likeness (QED) is 0.866. The summed E-state index contributed by atoms with van der Waals surface area (Å²) in [6, 6.07) is 3.04. The summed E-state index contributed by atoms with van der Waals surface area (Å²) in [4.78, 5) is 3.84. The van der Waals surface area contributed by atoms with Gasteiger partial charge in [0, 0.05) is 12.7 Å². The number of hydrogen-bond acceptors (Lipinski definition) is 3. The first-order chi connectivity index (χ1) is 8.50. The first-order valence-corrected chi connectivity index (χ1v) is 7.97. The molecule has 1 aromatic rings. The Balaban J connectivity index is 2.06. The highest BCUT2D eigenvalue weighted by Gasteiger charge is 2.26. The van der Waals surface area contributed by atoms with E-state index in [1.54, 1.807) is 6.07 Å². The third-order valence-corrected chi connectivity index (χ3v) is 5.46. The SMILES string of the molecule is CC1CCCC1CNS(=O)(=O)c1cccnc1Cl. The Kier molecular flexibility index (Phi) is 4.25. The van der Waals surface area contributed by atoms with Gasteiger partial charge in [-0.1, -0.05) is 31.4 Å². The molecule has 100 valence electrons. The molecule has 1 fully saturated rings. The van der Waals surface area contributed by atoms with Crippen LogP contribution in [0, 0.1) is 11.8 Å². The molecular formula is C12H17ClN2O2S. The molecule has 1 aliphatic rings. The van der Waals surface area contributed by atoms with Crippen LogP contribution >= 0.6 is 11.6 Å².